The van der Waals surface area contributed by atoms with Gasteiger partial charge in [0, 0.05) is 12.4 Å². The van der Waals surface area contributed by atoms with Crippen molar-refractivity contribution in [1.29, 1.82) is 0 Å². The molecular weight excluding hydrogens is 274 g/mol. The molecule has 5 nitrogen and oxygen atoms in total. The van der Waals surface area contributed by atoms with Gasteiger partial charge < -0.3 is 4.74 Å². The Morgan fingerprint density at radius 3 is 2.90 bits per heavy atom. The summed E-state index contributed by atoms with van der Waals surface area (Å²) >= 11 is 1.23. The van der Waals surface area contributed by atoms with Crippen molar-refractivity contribution < 1.29 is 9.53 Å². The molecule has 0 atom stereocenters. The lowest BCUT2D eigenvalue weighted by Gasteiger charge is -2.03. The predicted octanol–water partition coefficient (Wildman–Crippen LogP) is 2.36. The molecule has 0 aromatic carbocycles. The Hall–Kier alpha value is -2.21. The van der Waals surface area contributed by atoms with Crippen LogP contribution in [0.4, 0.5) is 0 Å². The van der Waals surface area contributed by atoms with Crippen LogP contribution in [0.5, 0.6) is 0 Å². The third-order valence-electron chi connectivity index (χ3n) is 2.24. The SMILES string of the molecule is C=CCOC(=O)CSc1nccc(-c2ccccn2)n1. The van der Waals surface area contributed by atoms with Gasteiger partial charge in [-0.2, -0.15) is 0 Å². The number of ether oxygens (including phenoxy) is 1. The summed E-state index contributed by atoms with van der Waals surface area (Å²) in [5.41, 5.74) is 1.49. The van der Waals surface area contributed by atoms with Crippen LogP contribution in [0.25, 0.3) is 11.4 Å². The molecule has 0 spiro atoms. The van der Waals surface area contributed by atoms with Crippen molar-refractivity contribution in [3.05, 3.63) is 49.3 Å². The first-order chi connectivity index (χ1) is 9.79. The zero-order valence-corrected chi connectivity index (χ0v) is 11.5. The summed E-state index contributed by atoms with van der Waals surface area (Å²) in [6.07, 6.45) is 4.88. The molecule has 2 aromatic rings. The third kappa shape index (κ3) is 4.17. The van der Waals surface area contributed by atoms with Crippen LogP contribution < -0.4 is 0 Å². The summed E-state index contributed by atoms with van der Waals surface area (Å²) in [5.74, 6) is -0.152. The van der Waals surface area contributed by atoms with Gasteiger partial charge in [-0.3, -0.25) is 9.78 Å². The minimum Gasteiger partial charge on any atom is -0.461 e. The molecule has 0 aliphatic heterocycles. The van der Waals surface area contributed by atoms with E-state index in [1.54, 1.807) is 18.5 Å². The minimum absolute atomic E-state index is 0.166. The molecule has 0 amide bonds. The molecule has 0 bridgehead atoms. The van der Waals surface area contributed by atoms with Crippen molar-refractivity contribution in [2.45, 2.75) is 5.16 Å². The molecule has 102 valence electrons. The number of aromatic nitrogens is 3. The van der Waals surface area contributed by atoms with Crippen LogP contribution in [-0.4, -0.2) is 33.3 Å². The fourth-order valence-electron chi connectivity index (χ4n) is 1.38. The van der Waals surface area contributed by atoms with Gasteiger partial charge in [-0.05, 0) is 18.2 Å². The van der Waals surface area contributed by atoms with Crippen molar-refractivity contribution in [2.75, 3.05) is 12.4 Å². The average molecular weight is 287 g/mol. The van der Waals surface area contributed by atoms with Crippen molar-refractivity contribution in [2.24, 2.45) is 0 Å². The smallest absolute Gasteiger partial charge is 0.316 e. The lowest BCUT2D eigenvalue weighted by Crippen LogP contribution is -2.07. The second kappa shape index (κ2) is 7.40. The van der Waals surface area contributed by atoms with E-state index in [4.69, 9.17) is 4.74 Å². The number of rotatable bonds is 6. The van der Waals surface area contributed by atoms with Crippen molar-refractivity contribution in [3.63, 3.8) is 0 Å². The van der Waals surface area contributed by atoms with Gasteiger partial charge >= 0.3 is 5.97 Å². The van der Waals surface area contributed by atoms with E-state index in [9.17, 15) is 4.79 Å². The van der Waals surface area contributed by atoms with E-state index in [2.05, 4.69) is 21.5 Å². The molecule has 0 aliphatic carbocycles. The number of carbonyl (C=O) groups is 1. The zero-order valence-electron chi connectivity index (χ0n) is 10.7. The van der Waals surface area contributed by atoms with Crippen LogP contribution in [0.3, 0.4) is 0 Å². The van der Waals surface area contributed by atoms with Gasteiger partial charge in [0.15, 0.2) is 5.16 Å². The van der Waals surface area contributed by atoms with Crippen LogP contribution in [0.15, 0.2) is 54.5 Å². The average Bonchev–Trinajstić information content (AvgIpc) is 2.52. The molecule has 6 heteroatoms. The highest BCUT2D eigenvalue weighted by Gasteiger charge is 2.07. The van der Waals surface area contributed by atoms with E-state index in [-0.39, 0.29) is 18.3 Å². The van der Waals surface area contributed by atoms with Gasteiger partial charge in [0.1, 0.15) is 6.61 Å². The maximum absolute atomic E-state index is 11.4. The van der Waals surface area contributed by atoms with E-state index in [0.717, 1.165) is 11.4 Å². The van der Waals surface area contributed by atoms with Gasteiger partial charge in [-0.1, -0.05) is 30.5 Å². The maximum Gasteiger partial charge on any atom is 0.316 e. The Kier molecular flexibility index (Phi) is 5.25. The highest BCUT2D eigenvalue weighted by atomic mass is 32.2. The van der Waals surface area contributed by atoms with Gasteiger partial charge in [0.2, 0.25) is 0 Å². The monoisotopic (exact) mass is 287 g/mol. The molecule has 2 rings (SSSR count). The van der Waals surface area contributed by atoms with E-state index < -0.39 is 0 Å². The number of pyridine rings is 1. The van der Waals surface area contributed by atoms with E-state index in [1.165, 1.54) is 17.8 Å². The molecule has 2 heterocycles. The summed E-state index contributed by atoms with van der Waals surface area (Å²) in [7, 11) is 0. The first-order valence-electron chi connectivity index (χ1n) is 5.93. The summed E-state index contributed by atoms with van der Waals surface area (Å²) in [4.78, 5) is 24.1. The Balaban J connectivity index is 2.00. The predicted molar refractivity (Wildman–Crippen MR) is 77.1 cm³/mol. The zero-order chi connectivity index (χ0) is 14.2. The summed E-state index contributed by atoms with van der Waals surface area (Å²) in [5, 5.41) is 0.517. The second-order valence-corrected chi connectivity index (χ2v) is 4.64. The molecule has 2 aromatic heterocycles. The van der Waals surface area contributed by atoms with Crippen LogP contribution in [-0.2, 0) is 9.53 Å². The lowest BCUT2D eigenvalue weighted by atomic mass is 10.3. The van der Waals surface area contributed by atoms with Gasteiger partial charge in [-0.15, -0.1) is 0 Å². The first kappa shape index (κ1) is 14.2. The molecule has 0 saturated carbocycles. The molecular formula is C14H13N3O2S. The first-order valence-corrected chi connectivity index (χ1v) is 6.92. The summed E-state index contributed by atoms with van der Waals surface area (Å²) < 4.78 is 4.88. The Bertz CT molecular complexity index is 590. The van der Waals surface area contributed by atoms with Crippen LogP contribution in [0.2, 0.25) is 0 Å². The Labute approximate surface area is 121 Å². The van der Waals surface area contributed by atoms with Crippen molar-refractivity contribution in [3.8, 4) is 11.4 Å². The quantitative estimate of drug-likeness (QED) is 0.352. The fourth-order valence-corrected chi connectivity index (χ4v) is 2.01. The Morgan fingerprint density at radius 1 is 1.25 bits per heavy atom. The number of nitrogens with zero attached hydrogens (tertiary/aromatic N) is 3. The van der Waals surface area contributed by atoms with Crippen LogP contribution >= 0.6 is 11.8 Å². The van der Waals surface area contributed by atoms with Crippen LogP contribution in [0.1, 0.15) is 0 Å². The molecule has 20 heavy (non-hydrogen) atoms. The molecule has 0 N–H and O–H groups in total. The van der Waals surface area contributed by atoms with E-state index >= 15 is 0 Å². The number of esters is 1. The van der Waals surface area contributed by atoms with Crippen molar-refractivity contribution >= 4 is 17.7 Å². The highest BCUT2D eigenvalue weighted by molar-refractivity contribution is 7.99. The van der Waals surface area contributed by atoms with Crippen LogP contribution in [0, 0.1) is 0 Å². The standard InChI is InChI=1S/C14H13N3O2S/c1-2-9-19-13(18)10-20-14-16-8-6-12(17-14)11-5-3-4-7-15-11/h2-8H,1,9-10H2. The van der Waals surface area contributed by atoms with Gasteiger partial charge in [-0.25, -0.2) is 9.97 Å². The highest BCUT2D eigenvalue weighted by Crippen LogP contribution is 2.18. The summed E-state index contributed by atoms with van der Waals surface area (Å²) in [6, 6.07) is 7.39. The van der Waals surface area contributed by atoms with E-state index in [0.29, 0.717) is 5.16 Å². The molecule has 0 unspecified atom stereocenters. The summed E-state index contributed by atoms with van der Waals surface area (Å²) in [6.45, 7) is 3.70. The minimum atomic E-state index is -0.318. The molecule has 0 aliphatic rings. The number of thioether (sulfide) groups is 1. The Morgan fingerprint density at radius 2 is 2.15 bits per heavy atom. The molecule has 0 fully saturated rings. The normalized spacial score (nSPS) is 10.0. The second-order valence-electron chi connectivity index (χ2n) is 3.70. The fraction of sp³-hybridized carbons (Fsp3) is 0.143. The third-order valence-corrected chi connectivity index (χ3v) is 3.08. The van der Waals surface area contributed by atoms with Gasteiger partial charge in [0.05, 0.1) is 17.1 Å². The van der Waals surface area contributed by atoms with E-state index in [1.807, 2.05) is 18.2 Å². The number of hydrogen-bond donors (Lipinski definition) is 0. The van der Waals surface area contributed by atoms with Crippen molar-refractivity contribution in [1.82, 2.24) is 15.0 Å². The van der Waals surface area contributed by atoms with Gasteiger partial charge in [0.25, 0.3) is 0 Å². The molecule has 0 radical (unpaired) electrons. The number of carbonyl (C=O) groups excluding carboxylic acids is 1. The molecule has 0 saturated heterocycles. The number of hydrogen-bond acceptors (Lipinski definition) is 6. The maximum atomic E-state index is 11.4. The largest absolute Gasteiger partial charge is 0.461 e. The lowest BCUT2D eigenvalue weighted by molar-refractivity contribution is -0.139. The topological polar surface area (TPSA) is 65.0 Å².